The number of sulfonamides is 2. The second-order valence-electron chi connectivity index (χ2n) is 9.49. The Bertz CT molecular complexity index is 1540. The molecule has 38 heavy (non-hydrogen) atoms. The largest absolute Gasteiger partial charge is 0.468 e. The number of methoxy groups -OCH3 is 1. The lowest BCUT2D eigenvalue weighted by atomic mass is 9.79. The SMILES string of the molecule is C=C(CN(CC(=O)OC)S(=O)(=O)c1ccccc1)CC1(C)CN(S(=O)(=O)c2ccccc2)c2ccccc21. The van der Waals surface area contributed by atoms with Crippen LogP contribution in [0.3, 0.4) is 0 Å². The fourth-order valence-corrected chi connectivity index (χ4v) is 7.86. The van der Waals surface area contributed by atoms with E-state index in [1.54, 1.807) is 60.7 Å². The first kappa shape index (κ1) is 27.6. The number of hydrogen-bond acceptors (Lipinski definition) is 6. The van der Waals surface area contributed by atoms with Crippen LogP contribution in [0.2, 0.25) is 0 Å². The fourth-order valence-electron chi connectivity index (χ4n) is 4.81. The number of carbonyl (C=O) groups excluding carboxylic acids is 1. The molecule has 0 radical (unpaired) electrons. The molecule has 1 unspecified atom stereocenters. The summed E-state index contributed by atoms with van der Waals surface area (Å²) in [7, 11) is -6.65. The minimum absolute atomic E-state index is 0.0502. The summed E-state index contributed by atoms with van der Waals surface area (Å²) >= 11 is 0. The molecule has 0 spiro atoms. The molecule has 0 saturated heterocycles. The van der Waals surface area contributed by atoms with Gasteiger partial charge in [-0.2, -0.15) is 4.31 Å². The van der Waals surface area contributed by atoms with Crippen LogP contribution in [0, 0.1) is 0 Å². The van der Waals surface area contributed by atoms with Crippen molar-refractivity contribution in [3.63, 3.8) is 0 Å². The normalized spacial score (nSPS) is 17.3. The molecule has 0 amide bonds. The lowest BCUT2D eigenvalue weighted by Gasteiger charge is -2.29. The number of esters is 1. The predicted octanol–water partition coefficient (Wildman–Crippen LogP) is 3.96. The minimum Gasteiger partial charge on any atom is -0.468 e. The summed E-state index contributed by atoms with van der Waals surface area (Å²) in [6.07, 6.45) is 0.298. The van der Waals surface area contributed by atoms with E-state index in [4.69, 9.17) is 4.74 Å². The van der Waals surface area contributed by atoms with Crippen molar-refractivity contribution in [3.05, 3.63) is 103 Å². The van der Waals surface area contributed by atoms with Gasteiger partial charge in [0.05, 0.1) is 22.6 Å². The molecule has 4 rings (SSSR count). The lowest BCUT2D eigenvalue weighted by molar-refractivity contribution is -0.140. The van der Waals surface area contributed by atoms with E-state index >= 15 is 0 Å². The van der Waals surface area contributed by atoms with Crippen molar-refractivity contribution in [2.45, 2.75) is 28.6 Å². The van der Waals surface area contributed by atoms with E-state index < -0.39 is 38.0 Å². The van der Waals surface area contributed by atoms with Crippen LogP contribution in [0.25, 0.3) is 0 Å². The van der Waals surface area contributed by atoms with Crippen molar-refractivity contribution in [3.8, 4) is 0 Å². The van der Waals surface area contributed by atoms with Gasteiger partial charge in [0.1, 0.15) is 6.54 Å². The number of rotatable bonds is 10. The van der Waals surface area contributed by atoms with E-state index in [1.807, 2.05) is 19.1 Å². The summed E-state index contributed by atoms with van der Waals surface area (Å²) in [4.78, 5) is 12.4. The first-order valence-corrected chi connectivity index (χ1v) is 14.8. The summed E-state index contributed by atoms with van der Waals surface area (Å²) in [6, 6.07) is 23.4. The van der Waals surface area contributed by atoms with Gasteiger partial charge in [-0.1, -0.05) is 73.7 Å². The number of nitrogens with zero attached hydrogens (tertiary/aromatic N) is 2. The molecule has 0 saturated carbocycles. The van der Waals surface area contributed by atoms with E-state index in [0.717, 1.165) is 9.87 Å². The number of para-hydroxylation sites is 1. The molecule has 0 N–H and O–H groups in total. The maximum Gasteiger partial charge on any atom is 0.321 e. The van der Waals surface area contributed by atoms with Gasteiger partial charge < -0.3 is 4.74 Å². The van der Waals surface area contributed by atoms with Crippen molar-refractivity contribution < 1.29 is 26.4 Å². The molecule has 0 bridgehead atoms. The summed E-state index contributed by atoms with van der Waals surface area (Å²) in [5.41, 5.74) is 1.26. The molecule has 1 atom stereocenters. The predicted molar refractivity (Wildman–Crippen MR) is 146 cm³/mol. The highest BCUT2D eigenvalue weighted by Crippen LogP contribution is 2.46. The molecule has 10 heteroatoms. The molecule has 3 aromatic carbocycles. The zero-order valence-corrected chi connectivity index (χ0v) is 22.9. The first-order chi connectivity index (χ1) is 18.0. The fraction of sp³-hybridized carbons (Fsp3) is 0.250. The van der Waals surface area contributed by atoms with Crippen LogP contribution >= 0.6 is 0 Å². The van der Waals surface area contributed by atoms with Crippen molar-refractivity contribution in [2.75, 3.05) is 31.0 Å². The molecule has 200 valence electrons. The highest BCUT2D eigenvalue weighted by atomic mass is 32.2. The van der Waals surface area contributed by atoms with Gasteiger partial charge in [-0.3, -0.25) is 9.10 Å². The average molecular weight is 555 g/mol. The molecule has 3 aromatic rings. The van der Waals surface area contributed by atoms with Gasteiger partial charge in [0.2, 0.25) is 10.0 Å². The van der Waals surface area contributed by atoms with Gasteiger partial charge in [-0.25, -0.2) is 16.8 Å². The smallest absolute Gasteiger partial charge is 0.321 e. The molecule has 1 aliphatic rings. The average Bonchev–Trinajstić information content (AvgIpc) is 3.22. The highest BCUT2D eigenvalue weighted by Gasteiger charge is 2.44. The highest BCUT2D eigenvalue weighted by molar-refractivity contribution is 7.92. The molecule has 0 fully saturated rings. The van der Waals surface area contributed by atoms with Crippen molar-refractivity contribution in [1.82, 2.24) is 4.31 Å². The third-order valence-corrected chi connectivity index (χ3v) is 10.2. The van der Waals surface area contributed by atoms with E-state index in [1.165, 1.54) is 23.5 Å². The summed E-state index contributed by atoms with van der Waals surface area (Å²) in [5, 5.41) is 0. The molecular weight excluding hydrogens is 524 g/mol. The number of fused-ring (bicyclic) bond motifs is 1. The van der Waals surface area contributed by atoms with Gasteiger partial charge in [0.25, 0.3) is 10.0 Å². The van der Waals surface area contributed by atoms with Crippen LogP contribution in [0.15, 0.2) is 107 Å². The Morgan fingerprint density at radius 1 is 0.895 bits per heavy atom. The molecular formula is C28H30N2O6S2. The van der Waals surface area contributed by atoms with E-state index in [2.05, 4.69) is 6.58 Å². The van der Waals surface area contributed by atoms with Crippen molar-refractivity contribution >= 4 is 31.7 Å². The Balaban J connectivity index is 1.63. The first-order valence-electron chi connectivity index (χ1n) is 11.9. The van der Waals surface area contributed by atoms with Gasteiger partial charge in [0.15, 0.2) is 0 Å². The topological polar surface area (TPSA) is 101 Å². The van der Waals surface area contributed by atoms with E-state index in [-0.39, 0.29) is 22.9 Å². The third kappa shape index (κ3) is 5.38. The van der Waals surface area contributed by atoms with Crippen LogP contribution in [0.1, 0.15) is 18.9 Å². The Morgan fingerprint density at radius 2 is 1.45 bits per heavy atom. The lowest BCUT2D eigenvalue weighted by Crippen LogP contribution is -2.39. The van der Waals surface area contributed by atoms with Gasteiger partial charge in [-0.15, -0.1) is 0 Å². The maximum atomic E-state index is 13.6. The number of ether oxygens (including phenoxy) is 1. The Labute approximate surface area is 224 Å². The quantitative estimate of drug-likeness (QED) is 0.278. The van der Waals surface area contributed by atoms with Crippen LogP contribution in [0.4, 0.5) is 5.69 Å². The second kappa shape index (κ2) is 10.7. The van der Waals surface area contributed by atoms with Gasteiger partial charge in [0, 0.05) is 18.5 Å². The maximum absolute atomic E-state index is 13.6. The Morgan fingerprint density at radius 3 is 2.05 bits per heavy atom. The number of benzene rings is 3. The standard InChI is InChI=1S/C28H30N2O6S2/c1-22(19-29(20-27(31)36-3)37(32,33)23-12-6-4-7-13-23)18-28(2)21-30(26-17-11-10-16-25(26)28)38(34,35)24-14-8-5-9-15-24/h4-17H,1,18-21H2,2-3H3. The minimum atomic E-state index is -4.02. The van der Waals surface area contributed by atoms with Crippen LogP contribution < -0.4 is 4.31 Å². The van der Waals surface area contributed by atoms with Crippen LogP contribution in [-0.4, -0.2) is 53.9 Å². The number of anilines is 1. The molecule has 8 nitrogen and oxygen atoms in total. The summed E-state index contributed by atoms with van der Waals surface area (Å²) < 4.78 is 61.0. The van der Waals surface area contributed by atoms with Gasteiger partial charge in [-0.05, 0) is 42.3 Å². The molecule has 0 aromatic heterocycles. The summed E-state index contributed by atoms with van der Waals surface area (Å²) in [6.45, 7) is 5.62. The Kier molecular flexibility index (Phi) is 7.78. The molecule has 0 aliphatic carbocycles. The van der Waals surface area contributed by atoms with E-state index in [0.29, 0.717) is 17.7 Å². The third-order valence-electron chi connectivity index (χ3n) is 6.60. The van der Waals surface area contributed by atoms with Gasteiger partial charge >= 0.3 is 5.97 Å². The molecule has 1 heterocycles. The number of carbonyl (C=O) groups is 1. The molecule has 1 aliphatic heterocycles. The zero-order chi connectivity index (χ0) is 27.6. The zero-order valence-electron chi connectivity index (χ0n) is 21.3. The Hall–Kier alpha value is -3.47. The number of hydrogen-bond donors (Lipinski definition) is 0. The van der Waals surface area contributed by atoms with Crippen LogP contribution in [0.5, 0.6) is 0 Å². The van der Waals surface area contributed by atoms with E-state index in [9.17, 15) is 21.6 Å². The van der Waals surface area contributed by atoms with Crippen LogP contribution in [-0.2, 0) is 35.0 Å². The van der Waals surface area contributed by atoms with Crippen molar-refractivity contribution in [1.29, 1.82) is 0 Å². The monoisotopic (exact) mass is 554 g/mol. The second-order valence-corrected chi connectivity index (χ2v) is 13.3. The summed E-state index contributed by atoms with van der Waals surface area (Å²) in [5.74, 6) is -0.699. The van der Waals surface area contributed by atoms with Crippen molar-refractivity contribution in [2.24, 2.45) is 0 Å².